The number of nitriles is 1. The molecule has 3 heterocycles. The Labute approximate surface area is 255 Å². The number of nitrogens with zero attached hydrogens (tertiary/aromatic N) is 6. The van der Waals surface area contributed by atoms with E-state index < -0.39 is 40.0 Å². The summed E-state index contributed by atoms with van der Waals surface area (Å²) >= 11 is 0. The maximum Gasteiger partial charge on any atom is 0.362 e. The molecule has 1 fully saturated rings. The van der Waals surface area contributed by atoms with Crippen molar-refractivity contribution in [1.82, 2.24) is 25.2 Å². The molecule has 1 aliphatic heterocycles. The maximum atomic E-state index is 16.3. The molecule has 45 heavy (non-hydrogen) atoms. The predicted molar refractivity (Wildman–Crippen MR) is 159 cm³/mol. The molecule has 0 aliphatic carbocycles. The third-order valence-electron chi connectivity index (χ3n) is 8.62. The van der Waals surface area contributed by atoms with Gasteiger partial charge in [-0.3, -0.25) is 4.98 Å². The molecule has 0 saturated carbocycles. The van der Waals surface area contributed by atoms with Crippen LogP contribution in [0.1, 0.15) is 48.1 Å². The predicted octanol–water partition coefficient (Wildman–Crippen LogP) is 6.12. The van der Waals surface area contributed by atoms with E-state index in [0.717, 1.165) is 62.3 Å². The Hall–Kier alpha value is -5.31. The van der Waals surface area contributed by atoms with Crippen LogP contribution >= 0.6 is 0 Å². The van der Waals surface area contributed by atoms with Crippen LogP contribution in [0.3, 0.4) is 0 Å². The second-order valence-corrected chi connectivity index (χ2v) is 11.2. The number of tetrazole rings is 1. The topological polar surface area (TPSA) is 103 Å². The minimum Gasteiger partial charge on any atom is -0.371 e. The average molecular weight is 614 g/mol. The summed E-state index contributed by atoms with van der Waals surface area (Å²) in [6.45, 7) is 2.70. The zero-order valence-electron chi connectivity index (χ0n) is 24.1. The third-order valence-corrected chi connectivity index (χ3v) is 8.62. The van der Waals surface area contributed by atoms with Crippen LogP contribution in [-0.4, -0.2) is 38.3 Å². The van der Waals surface area contributed by atoms with Gasteiger partial charge in [-0.05, 0) is 83.6 Å². The molecule has 3 aromatic carbocycles. The molecule has 12 heteroatoms. The van der Waals surface area contributed by atoms with Gasteiger partial charge in [0.2, 0.25) is 0 Å². The van der Waals surface area contributed by atoms with Crippen molar-refractivity contribution >= 4 is 5.69 Å². The molecule has 6 rings (SSSR count). The van der Waals surface area contributed by atoms with Crippen LogP contribution < -0.4 is 10.6 Å². The van der Waals surface area contributed by atoms with Crippen molar-refractivity contribution in [2.24, 2.45) is 0 Å². The zero-order valence-corrected chi connectivity index (χ0v) is 24.1. The van der Waals surface area contributed by atoms with Crippen LogP contribution in [0.25, 0.3) is 11.1 Å². The minimum absolute atomic E-state index is 0.340. The molecule has 1 atom stereocenters. The number of H-pyrrole nitrogens is 1. The molecule has 0 bridgehead atoms. The second-order valence-electron chi connectivity index (χ2n) is 11.2. The van der Waals surface area contributed by atoms with Crippen LogP contribution in [0.5, 0.6) is 0 Å². The molecule has 0 amide bonds. The fourth-order valence-electron chi connectivity index (χ4n) is 5.96. The molecule has 8 nitrogen and oxygen atoms in total. The quantitative estimate of drug-likeness (QED) is 0.222. The van der Waals surface area contributed by atoms with Crippen molar-refractivity contribution < 1.29 is 17.6 Å². The number of hydrogen-bond acceptors (Lipinski definition) is 6. The number of nitrogens with one attached hydrogen (secondary N) is 1. The Morgan fingerprint density at radius 3 is 2.20 bits per heavy atom. The van der Waals surface area contributed by atoms with Crippen LogP contribution in [0.2, 0.25) is 0 Å². The maximum absolute atomic E-state index is 16.3. The number of benzene rings is 3. The number of aromatic nitrogens is 5. The Morgan fingerprint density at radius 1 is 0.933 bits per heavy atom. The summed E-state index contributed by atoms with van der Waals surface area (Å²) in [5, 5.41) is 17.8. The molecular formula is C33H27F4N7O. The molecule has 228 valence electrons. The molecule has 1 saturated heterocycles. The van der Waals surface area contributed by atoms with E-state index in [-0.39, 0.29) is 0 Å². The summed E-state index contributed by atoms with van der Waals surface area (Å²) in [5.41, 5.74) is -0.953. The fraction of sp³-hybridized carbons (Fsp3) is 0.242. The van der Waals surface area contributed by atoms with Gasteiger partial charge in [-0.1, -0.05) is 36.4 Å². The number of alkyl halides is 2. The fourth-order valence-corrected chi connectivity index (χ4v) is 5.96. The lowest BCUT2D eigenvalue weighted by Crippen LogP contribution is -2.52. The molecule has 5 aromatic rings. The number of rotatable bonds is 7. The lowest BCUT2D eigenvalue weighted by Gasteiger charge is -2.36. The van der Waals surface area contributed by atoms with Crippen molar-refractivity contribution in [1.29, 1.82) is 5.26 Å². The first-order chi connectivity index (χ1) is 21.6. The molecule has 0 radical (unpaired) electrons. The first kappa shape index (κ1) is 29.7. The van der Waals surface area contributed by atoms with Crippen molar-refractivity contribution in [3.05, 3.63) is 130 Å². The summed E-state index contributed by atoms with van der Waals surface area (Å²) < 4.78 is 61.5. The lowest BCUT2D eigenvalue weighted by atomic mass is 9.83. The highest BCUT2D eigenvalue weighted by atomic mass is 19.3. The average Bonchev–Trinajstić information content (AvgIpc) is 3.51. The first-order valence-electron chi connectivity index (χ1n) is 14.3. The Kier molecular flexibility index (Phi) is 7.70. The molecular weight excluding hydrogens is 586 g/mol. The number of piperidine rings is 1. The summed E-state index contributed by atoms with van der Waals surface area (Å²) in [4.78, 5) is 18.7. The van der Waals surface area contributed by atoms with Crippen molar-refractivity contribution in [3.8, 4) is 17.2 Å². The van der Waals surface area contributed by atoms with Gasteiger partial charge in [-0.15, -0.1) is 0 Å². The number of aromatic amines is 1. The van der Waals surface area contributed by atoms with Crippen LogP contribution in [-0.2, 0) is 11.5 Å². The molecule has 0 unspecified atom stereocenters. The van der Waals surface area contributed by atoms with E-state index in [9.17, 15) is 13.6 Å². The van der Waals surface area contributed by atoms with E-state index >= 15 is 8.78 Å². The number of halogens is 4. The Balaban J connectivity index is 1.21. The van der Waals surface area contributed by atoms with E-state index in [1.807, 2.05) is 53.6 Å². The molecule has 2 aromatic heterocycles. The van der Waals surface area contributed by atoms with E-state index in [4.69, 9.17) is 5.26 Å². The largest absolute Gasteiger partial charge is 0.371 e. The van der Waals surface area contributed by atoms with Crippen molar-refractivity contribution in [2.75, 3.05) is 18.0 Å². The molecule has 1 N–H and O–H groups in total. The van der Waals surface area contributed by atoms with Crippen molar-refractivity contribution in [3.63, 3.8) is 0 Å². The summed E-state index contributed by atoms with van der Waals surface area (Å²) in [7, 11) is 0. The van der Waals surface area contributed by atoms with Gasteiger partial charge in [0.25, 0.3) is 0 Å². The highest BCUT2D eigenvalue weighted by Gasteiger charge is 2.58. The highest BCUT2D eigenvalue weighted by Crippen LogP contribution is 2.47. The standard InChI is InChI=1S/C33H27F4N7O/c1-32(44-31(45)40-41-42-44,28-12-9-26(34)18-29(28)35)33(36,37)30-13-8-25(20-39-30)23-6-4-22(5-7-23)24-14-16-43(17-15-24)27-10-2-21(19-38)3-11-27/h2-13,18,20,24H,14-17H2,1H3,(H,40,42,45)/t32-/m1/s1. The van der Waals surface area contributed by atoms with Gasteiger partial charge in [0, 0.05) is 42.2 Å². The van der Waals surface area contributed by atoms with E-state index in [1.165, 1.54) is 17.8 Å². The van der Waals surface area contributed by atoms with E-state index in [2.05, 4.69) is 26.4 Å². The van der Waals surface area contributed by atoms with E-state index in [0.29, 0.717) is 27.8 Å². The number of anilines is 1. The van der Waals surface area contributed by atoms with Gasteiger partial charge >= 0.3 is 11.6 Å². The van der Waals surface area contributed by atoms with Gasteiger partial charge in [-0.25, -0.2) is 18.7 Å². The van der Waals surface area contributed by atoms with Gasteiger partial charge in [0.05, 0.1) is 11.6 Å². The number of hydrogen-bond donors (Lipinski definition) is 1. The Morgan fingerprint density at radius 2 is 1.62 bits per heavy atom. The van der Waals surface area contributed by atoms with Gasteiger partial charge < -0.3 is 4.90 Å². The molecule has 1 aliphatic rings. The summed E-state index contributed by atoms with van der Waals surface area (Å²) in [5.74, 6) is -5.85. The van der Waals surface area contributed by atoms with Gasteiger partial charge in [-0.2, -0.15) is 18.7 Å². The monoisotopic (exact) mass is 613 g/mol. The van der Waals surface area contributed by atoms with Crippen molar-refractivity contribution in [2.45, 2.75) is 37.1 Å². The lowest BCUT2D eigenvalue weighted by molar-refractivity contribution is -0.104. The number of pyridine rings is 1. The Bertz CT molecular complexity index is 1910. The van der Waals surface area contributed by atoms with Crippen LogP contribution in [0, 0.1) is 23.0 Å². The highest BCUT2D eigenvalue weighted by molar-refractivity contribution is 5.63. The van der Waals surface area contributed by atoms with Gasteiger partial charge in [0.1, 0.15) is 17.3 Å². The summed E-state index contributed by atoms with van der Waals surface area (Å²) in [6.07, 6.45) is 3.22. The first-order valence-corrected chi connectivity index (χ1v) is 14.3. The SMILES string of the molecule is C[C@](c1ccc(F)cc1F)(n1nn[nH]c1=O)C(F)(F)c1ccc(-c2ccc(C3CCN(c4ccc(C#N)cc4)CC3)cc2)cn1. The van der Waals surface area contributed by atoms with Crippen LogP contribution in [0.15, 0.2) is 89.9 Å². The minimum atomic E-state index is -3.98. The summed E-state index contributed by atoms with van der Waals surface area (Å²) in [6, 6.07) is 22.4. The normalized spacial score (nSPS) is 15.4. The molecule has 0 spiro atoms. The van der Waals surface area contributed by atoms with Gasteiger partial charge in [0.15, 0.2) is 5.54 Å². The zero-order chi connectivity index (χ0) is 31.8. The third kappa shape index (κ3) is 5.35. The second kappa shape index (κ2) is 11.6. The van der Waals surface area contributed by atoms with Crippen LogP contribution in [0.4, 0.5) is 23.2 Å². The van der Waals surface area contributed by atoms with E-state index in [1.54, 1.807) is 0 Å². The smallest absolute Gasteiger partial charge is 0.362 e.